The van der Waals surface area contributed by atoms with Crippen molar-refractivity contribution in [3.63, 3.8) is 0 Å². The van der Waals surface area contributed by atoms with E-state index in [1.54, 1.807) is 0 Å². The zero-order chi connectivity index (χ0) is 12.5. The molecule has 2 heterocycles. The van der Waals surface area contributed by atoms with Gasteiger partial charge in [-0.05, 0) is 49.6 Å². The van der Waals surface area contributed by atoms with E-state index in [1.165, 1.54) is 25.7 Å². The van der Waals surface area contributed by atoms with E-state index in [1.807, 2.05) is 11.6 Å². The number of tetrazole rings is 1. The Bertz CT molecular complexity index is 401. The Morgan fingerprint density at radius 2 is 2.17 bits per heavy atom. The smallest absolute Gasteiger partial charge is 0.165 e. The molecule has 1 aromatic rings. The summed E-state index contributed by atoms with van der Waals surface area (Å²) in [6.07, 6.45) is 5.59. The molecule has 1 saturated heterocycles. The summed E-state index contributed by atoms with van der Waals surface area (Å²) in [5.74, 6) is 0.949. The molecule has 0 aromatic carbocycles. The predicted octanol–water partition coefficient (Wildman–Crippen LogP) is 0.743. The highest BCUT2D eigenvalue weighted by molar-refractivity contribution is 4.92. The van der Waals surface area contributed by atoms with Crippen molar-refractivity contribution in [1.82, 2.24) is 25.1 Å². The third kappa shape index (κ3) is 2.40. The minimum Gasteiger partial charge on any atom is -0.392 e. The van der Waals surface area contributed by atoms with Crippen LogP contribution in [0.15, 0.2) is 0 Å². The van der Waals surface area contributed by atoms with Crippen molar-refractivity contribution in [3.05, 3.63) is 5.82 Å². The molecule has 0 radical (unpaired) electrons. The van der Waals surface area contributed by atoms with Crippen LogP contribution in [0.4, 0.5) is 0 Å². The molecule has 1 aliphatic heterocycles. The monoisotopic (exact) mass is 251 g/mol. The Morgan fingerprint density at radius 1 is 1.33 bits per heavy atom. The first-order chi connectivity index (χ1) is 8.75. The molecule has 6 nitrogen and oxygen atoms in total. The van der Waals surface area contributed by atoms with E-state index in [0.717, 1.165) is 25.3 Å². The lowest BCUT2D eigenvalue weighted by Crippen LogP contribution is -2.45. The van der Waals surface area contributed by atoms with Gasteiger partial charge in [0.25, 0.3) is 0 Å². The van der Waals surface area contributed by atoms with Gasteiger partial charge in [-0.2, -0.15) is 0 Å². The number of piperidine rings is 1. The van der Waals surface area contributed by atoms with Gasteiger partial charge in [0.2, 0.25) is 0 Å². The highest BCUT2D eigenvalue weighted by Gasteiger charge is 2.31. The number of hydrogen-bond donors (Lipinski definition) is 1. The minimum atomic E-state index is -0.282. The molecule has 1 saturated carbocycles. The van der Waals surface area contributed by atoms with Crippen molar-refractivity contribution >= 4 is 0 Å². The Kier molecular flexibility index (Phi) is 3.30. The van der Waals surface area contributed by atoms with Crippen molar-refractivity contribution in [1.29, 1.82) is 0 Å². The average Bonchev–Trinajstić information content (AvgIpc) is 3.11. The van der Waals surface area contributed by atoms with Crippen LogP contribution in [0.5, 0.6) is 0 Å². The maximum Gasteiger partial charge on any atom is 0.165 e. The number of aromatic nitrogens is 4. The molecular formula is C12H21N5O. The lowest BCUT2D eigenvalue weighted by molar-refractivity contribution is 0.0294. The number of hydrogen-bond acceptors (Lipinski definition) is 5. The Morgan fingerprint density at radius 3 is 2.89 bits per heavy atom. The van der Waals surface area contributed by atoms with E-state index < -0.39 is 0 Å². The molecule has 2 aliphatic rings. The van der Waals surface area contributed by atoms with E-state index in [9.17, 15) is 5.11 Å². The number of aliphatic hydroxyl groups is 1. The second kappa shape index (κ2) is 4.93. The molecule has 0 bridgehead atoms. The van der Waals surface area contributed by atoms with Crippen molar-refractivity contribution < 1.29 is 5.11 Å². The van der Waals surface area contributed by atoms with Crippen molar-refractivity contribution in [2.24, 2.45) is 0 Å². The van der Waals surface area contributed by atoms with Gasteiger partial charge in [-0.15, -0.1) is 5.10 Å². The third-order valence-electron chi connectivity index (χ3n) is 4.02. The SMILES string of the molecule is CC(O)C1CCCCN1Cc1nnnn1C1CC1. The van der Waals surface area contributed by atoms with Crippen molar-refractivity contribution in [2.45, 2.75) is 63.8 Å². The van der Waals surface area contributed by atoms with Gasteiger partial charge in [-0.25, -0.2) is 4.68 Å². The van der Waals surface area contributed by atoms with Crippen LogP contribution in [0.3, 0.4) is 0 Å². The Balaban J connectivity index is 1.71. The molecular weight excluding hydrogens is 230 g/mol. The van der Waals surface area contributed by atoms with Gasteiger partial charge in [0, 0.05) is 6.04 Å². The molecule has 1 N–H and O–H groups in total. The van der Waals surface area contributed by atoms with E-state index in [2.05, 4.69) is 20.4 Å². The summed E-state index contributed by atoms with van der Waals surface area (Å²) in [7, 11) is 0. The normalized spacial score (nSPS) is 27.3. The molecule has 2 fully saturated rings. The highest BCUT2D eigenvalue weighted by atomic mass is 16.3. The quantitative estimate of drug-likeness (QED) is 0.855. The predicted molar refractivity (Wildman–Crippen MR) is 65.8 cm³/mol. The van der Waals surface area contributed by atoms with Crippen LogP contribution in [0.25, 0.3) is 0 Å². The van der Waals surface area contributed by atoms with Crippen molar-refractivity contribution in [3.8, 4) is 0 Å². The Hall–Kier alpha value is -1.01. The Labute approximate surface area is 107 Å². The van der Waals surface area contributed by atoms with Crippen LogP contribution >= 0.6 is 0 Å². The molecule has 2 unspecified atom stereocenters. The number of nitrogens with zero attached hydrogens (tertiary/aromatic N) is 5. The first kappa shape index (κ1) is 12.0. The molecule has 6 heteroatoms. The van der Waals surface area contributed by atoms with Gasteiger partial charge in [-0.3, -0.25) is 4.90 Å². The van der Waals surface area contributed by atoms with Crippen LogP contribution in [0, 0.1) is 0 Å². The van der Waals surface area contributed by atoms with Gasteiger partial charge in [0.05, 0.1) is 18.7 Å². The molecule has 2 atom stereocenters. The van der Waals surface area contributed by atoms with E-state index >= 15 is 0 Å². The molecule has 0 spiro atoms. The van der Waals surface area contributed by atoms with Crippen LogP contribution < -0.4 is 0 Å². The second-order valence-corrected chi connectivity index (χ2v) is 5.55. The molecule has 100 valence electrons. The summed E-state index contributed by atoms with van der Waals surface area (Å²) in [5, 5.41) is 21.9. The minimum absolute atomic E-state index is 0.253. The fourth-order valence-corrected chi connectivity index (χ4v) is 2.86. The maximum absolute atomic E-state index is 9.87. The van der Waals surface area contributed by atoms with E-state index in [0.29, 0.717) is 6.04 Å². The van der Waals surface area contributed by atoms with E-state index in [-0.39, 0.29) is 12.1 Å². The second-order valence-electron chi connectivity index (χ2n) is 5.55. The topological polar surface area (TPSA) is 67.1 Å². The summed E-state index contributed by atoms with van der Waals surface area (Å²) in [6.45, 7) is 3.68. The summed E-state index contributed by atoms with van der Waals surface area (Å²) in [6, 6.07) is 0.771. The molecule has 3 rings (SSSR count). The first-order valence-corrected chi connectivity index (χ1v) is 6.94. The fourth-order valence-electron chi connectivity index (χ4n) is 2.86. The summed E-state index contributed by atoms with van der Waals surface area (Å²) in [4.78, 5) is 2.33. The standard InChI is InChI=1S/C12H21N5O/c1-9(18)11-4-2-3-7-16(11)8-12-13-14-15-17(12)10-5-6-10/h9-11,18H,2-8H2,1H3. The molecule has 0 amide bonds. The van der Waals surface area contributed by atoms with Crippen molar-refractivity contribution in [2.75, 3.05) is 6.54 Å². The summed E-state index contributed by atoms with van der Waals surface area (Å²) in [5.41, 5.74) is 0. The number of rotatable bonds is 4. The zero-order valence-electron chi connectivity index (χ0n) is 10.9. The summed E-state index contributed by atoms with van der Waals surface area (Å²) < 4.78 is 1.97. The van der Waals surface area contributed by atoms with Crippen LogP contribution in [-0.2, 0) is 6.54 Å². The van der Waals surface area contributed by atoms with Gasteiger partial charge in [0.15, 0.2) is 5.82 Å². The van der Waals surface area contributed by atoms with Gasteiger partial charge in [0.1, 0.15) is 0 Å². The van der Waals surface area contributed by atoms with Gasteiger partial charge < -0.3 is 5.11 Å². The molecule has 1 aliphatic carbocycles. The van der Waals surface area contributed by atoms with E-state index in [4.69, 9.17) is 0 Å². The van der Waals surface area contributed by atoms with Crippen LogP contribution in [-0.4, -0.2) is 48.9 Å². The summed E-state index contributed by atoms with van der Waals surface area (Å²) >= 11 is 0. The maximum atomic E-state index is 9.87. The number of likely N-dealkylation sites (tertiary alicyclic amines) is 1. The van der Waals surface area contributed by atoms with Gasteiger partial charge in [-0.1, -0.05) is 6.42 Å². The number of aliphatic hydroxyl groups excluding tert-OH is 1. The van der Waals surface area contributed by atoms with Crippen LogP contribution in [0.1, 0.15) is 50.9 Å². The lowest BCUT2D eigenvalue weighted by atomic mass is 9.98. The zero-order valence-corrected chi connectivity index (χ0v) is 10.9. The third-order valence-corrected chi connectivity index (χ3v) is 4.02. The van der Waals surface area contributed by atoms with Gasteiger partial charge >= 0.3 is 0 Å². The average molecular weight is 251 g/mol. The highest BCUT2D eigenvalue weighted by Crippen LogP contribution is 2.34. The first-order valence-electron chi connectivity index (χ1n) is 6.94. The van der Waals surface area contributed by atoms with Crippen LogP contribution in [0.2, 0.25) is 0 Å². The molecule has 18 heavy (non-hydrogen) atoms. The largest absolute Gasteiger partial charge is 0.392 e. The lowest BCUT2D eigenvalue weighted by Gasteiger charge is -2.36. The molecule has 1 aromatic heterocycles. The fraction of sp³-hybridized carbons (Fsp3) is 0.917.